The Balaban J connectivity index is 0.00000529. The molecule has 0 saturated heterocycles. The van der Waals surface area contributed by atoms with E-state index in [9.17, 15) is 0 Å². The molecule has 4 nitrogen and oxygen atoms in total. The maximum absolute atomic E-state index is 4.28. The van der Waals surface area contributed by atoms with Crippen LogP contribution in [0.2, 0.25) is 0 Å². The van der Waals surface area contributed by atoms with Crippen LogP contribution in [-0.2, 0) is 6.42 Å². The predicted octanol–water partition coefficient (Wildman–Crippen LogP) is 3.52. The zero-order chi connectivity index (χ0) is 16.8. The number of hydrogen-bond acceptors (Lipinski definition) is 2. The molecule has 0 aromatic heterocycles. The summed E-state index contributed by atoms with van der Waals surface area (Å²) in [6, 6.07) is 10.6. The van der Waals surface area contributed by atoms with Gasteiger partial charge in [0.2, 0.25) is 0 Å². The number of rotatable bonds is 11. The second-order valence-corrected chi connectivity index (χ2v) is 5.75. The SMILES string of the molecule is CCN(CC)CCCCNC(=NC)NCCCc1ccccc1.I. The van der Waals surface area contributed by atoms with E-state index >= 15 is 0 Å². The minimum Gasteiger partial charge on any atom is -0.356 e. The summed E-state index contributed by atoms with van der Waals surface area (Å²) in [4.78, 5) is 6.75. The van der Waals surface area contributed by atoms with Crippen molar-refractivity contribution in [1.82, 2.24) is 15.5 Å². The van der Waals surface area contributed by atoms with Crippen LogP contribution in [0.15, 0.2) is 35.3 Å². The third-order valence-electron chi connectivity index (χ3n) is 4.09. The maximum atomic E-state index is 4.28. The van der Waals surface area contributed by atoms with Gasteiger partial charge in [0.05, 0.1) is 0 Å². The van der Waals surface area contributed by atoms with Gasteiger partial charge in [0.1, 0.15) is 0 Å². The van der Waals surface area contributed by atoms with Crippen molar-refractivity contribution in [2.75, 3.05) is 39.8 Å². The largest absolute Gasteiger partial charge is 0.356 e. The van der Waals surface area contributed by atoms with E-state index < -0.39 is 0 Å². The predicted molar refractivity (Wildman–Crippen MR) is 117 cm³/mol. The number of guanidine groups is 1. The van der Waals surface area contributed by atoms with Gasteiger partial charge in [-0.2, -0.15) is 0 Å². The number of benzene rings is 1. The maximum Gasteiger partial charge on any atom is 0.190 e. The van der Waals surface area contributed by atoms with Gasteiger partial charge in [-0.25, -0.2) is 0 Å². The van der Waals surface area contributed by atoms with Crippen molar-refractivity contribution >= 4 is 29.9 Å². The molecule has 0 heterocycles. The molecule has 0 unspecified atom stereocenters. The van der Waals surface area contributed by atoms with Gasteiger partial charge in [-0.15, -0.1) is 24.0 Å². The third-order valence-corrected chi connectivity index (χ3v) is 4.09. The Bertz CT molecular complexity index is 419. The fourth-order valence-electron chi connectivity index (χ4n) is 2.57. The Kier molecular flexibility index (Phi) is 15.2. The van der Waals surface area contributed by atoms with Crippen LogP contribution in [0.5, 0.6) is 0 Å². The molecule has 0 fully saturated rings. The second-order valence-electron chi connectivity index (χ2n) is 5.75. The molecule has 0 spiro atoms. The Morgan fingerprint density at radius 2 is 1.58 bits per heavy atom. The van der Waals surface area contributed by atoms with Gasteiger partial charge < -0.3 is 15.5 Å². The van der Waals surface area contributed by atoms with E-state index in [1.807, 2.05) is 7.05 Å². The van der Waals surface area contributed by atoms with E-state index in [1.54, 1.807) is 0 Å². The van der Waals surface area contributed by atoms with E-state index in [4.69, 9.17) is 0 Å². The molecule has 5 heteroatoms. The third kappa shape index (κ3) is 10.9. The number of nitrogens with zero attached hydrogens (tertiary/aromatic N) is 2. The summed E-state index contributed by atoms with van der Waals surface area (Å²) >= 11 is 0. The number of aryl methyl sites for hydroxylation is 1. The lowest BCUT2D eigenvalue weighted by atomic mass is 10.1. The average molecular weight is 446 g/mol. The van der Waals surface area contributed by atoms with Gasteiger partial charge in [-0.05, 0) is 50.9 Å². The summed E-state index contributed by atoms with van der Waals surface area (Å²) in [7, 11) is 1.84. The number of unbranched alkanes of at least 4 members (excludes halogenated alkanes) is 1. The summed E-state index contributed by atoms with van der Waals surface area (Å²) in [6.07, 6.45) is 4.64. The van der Waals surface area contributed by atoms with E-state index in [1.165, 1.54) is 24.9 Å². The highest BCUT2D eigenvalue weighted by Crippen LogP contribution is 2.01. The lowest BCUT2D eigenvalue weighted by Gasteiger charge is -2.18. The Hall–Kier alpha value is -0.820. The van der Waals surface area contributed by atoms with Gasteiger partial charge in [0.25, 0.3) is 0 Å². The molecule has 0 bridgehead atoms. The molecule has 2 N–H and O–H groups in total. The van der Waals surface area contributed by atoms with E-state index in [0.717, 1.165) is 45.0 Å². The molecular weight excluding hydrogens is 411 g/mol. The molecule has 0 radical (unpaired) electrons. The van der Waals surface area contributed by atoms with Crippen LogP contribution in [0.3, 0.4) is 0 Å². The molecule has 1 aromatic carbocycles. The highest BCUT2D eigenvalue weighted by molar-refractivity contribution is 14.0. The highest BCUT2D eigenvalue weighted by atomic mass is 127. The van der Waals surface area contributed by atoms with E-state index in [-0.39, 0.29) is 24.0 Å². The molecule has 0 saturated carbocycles. The number of halogens is 1. The molecule has 1 aromatic rings. The van der Waals surface area contributed by atoms with Gasteiger partial charge in [0.15, 0.2) is 5.96 Å². The summed E-state index contributed by atoms with van der Waals surface area (Å²) < 4.78 is 0. The normalized spacial score (nSPS) is 11.2. The zero-order valence-corrected chi connectivity index (χ0v) is 17.9. The van der Waals surface area contributed by atoms with Crippen LogP contribution < -0.4 is 10.6 Å². The standard InChI is InChI=1S/C19H34N4.HI/c1-4-23(5-2)17-10-9-15-21-19(20-3)22-16-11-14-18-12-7-6-8-13-18;/h6-8,12-13H,4-5,9-11,14-17H2,1-3H3,(H2,20,21,22);1H. The zero-order valence-electron chi connectivity index (χ0n) is 15.6. The minimum atomic E-state index is 0. The second kappa shape index (κ2) is 15.7. The van der Waals surface area contributed by atoms with Gasteiger partial charge >= 0.3 is 0 Å². The number of aliphatic imine (C=N–C) groups is 1. The van der Waals surface area contributed by atoms with Crippen LogP contribution in [0.25, 0.3) is 0 Å². The first kappa shape index (κ1) is 23.2. The van der Waals surface area contributed by atoms with Crippen molar-refractivity contribution in [2.45, 2.75) is 39.5 Å². The van der Waals surface area contributed by atoms with Crippen LogP contribution in [0.1, 0.15) is 38.7 Å². The van der Waals surface area contributed by atoms with Gasteiger partial charge in [0, 0.05) is 20.1 Å². The monoisotopic (exact) mass is 446 g/mol. The molecular formula is C19H35IN4. The van der Waals surface area contributed by atoms with Crippen LogP contribution in [0.4, 0.5) is 0 Å². The summed E-state index contributed by atoms with van der Waals surface area (Å²) in [5.41, 5.74) is 1.40. The van der Waals surface area contributed by atoms with E-state index in [2.05, 4.69) is 64.7 Å². The fourth-order valence-corrected chi connectivity index (χ4v) is 2.57. The van der Waals surface area contributed by atoms with E-state index in [0.29, 0.717) is 0 Å². The quantitative estimate of drug-likeness (QED) is 0.237. The topological polar surface area (TPSA) is 39.7 Å². The number of nitrogens with one attached hydrogen (secondary N) is 2. The lowest BCUT2D eigenvalue weighted by molar-refractivity contribution is 0.297. The molecule has 24 heavy (non-hydrogen) atoms. The first-order valence-electron chi connectivity index (χ1n) is 9.01. The van der Waals surface area contributed by atoms with Crippen LogP contribution in [0, 0.1) is 0 Å². The van der Waals surface area contributed by atoms with Crippen molar-refractivity contribution in [3.63, 3.8) is 0 Å². The molecule has 0 aliphatic rings. The van der Waals surface area contributed by atoms with Crippen molar-refractivity contribution in [3.05, 3.63) is 35.9 Å². The summed E-state index contributed by atoms with van der Waals surface area (Å²) in [5.74, 6) is 0.918. The molecule has 138 valence electrons. The Labute approximate surface area is 165 Å². The first-order chi connectivity index (χ1) is 11.3. The Morgan fingerprint density at radius 3 is 2.17 bits per heavy atom. The van der Waals surface area contributed by atoms with Crippen LogP contribution in [-0.4, -0.2) is 50.6 Å². The van der Waals surface area contributed by atoms with Crippen molar-refractivity contribution in [2.24, 2.45) is 4.99 Å². The summed E-state index contributed by atoms with van der Waals surface area (Å²) in [5, 5.41) is 6.79. The van der Waals surface area contributed by atoms with Crippen molar-refractivity contribution in [3.8, 4) is 0 Å². The van der Waals surface area contributed by atoms with Crippen molar-refractivity contribution < 1.29 is 0 Å². The summed E-state index contributed by atoms with van der Waals surface area (Å²) in [6.45, 7) is 9.88. The van der Waals surface area contributed by atoms with Crippen LogP contribution >= 0.6 is 24.0 Å². The molecule has 0 atom stereocenters. The molecule has 0 amide bonds. The first-order valence-corrected chi connectivity index (χ1v) is 9.01. The van der Waals surface area contributed by atoms with Gasteiger partial charge in [-0.1, -0.05) is 44.2 Å². The number of hydrogen-bond donors (Lipinski definition) is 2. The average Bonchev–Trinajstić information content (AvgIpc) is 2.60. The highest BCUT2D eigenvalue weighted by Gasteiger charge is 2.00. The lowest BCUT2D eigenvalue weighted by Crippen LogP contribution is -2.38. The Morgan fingerprint density at radius 1 is 0.958 bits per heavy atom. The van der Waals surface area contributed by atoms with Crippen molar-refractivity contribution in [1.29, 1.82) is 0 Å². The minimum absolute atomic E-state index is 0. The fraction of sp³-hybridized carbons (Fsp3) is 0.632. The molecule has 0 aliphatic heterocycles. The smallest absolute Gasteiger partial charge is 0.190 e. The molecule has 0 aliphatic carbocycles. The van der Waals surface area contributed by atoms with Gasteiger partial charge in [-0.3, -0.25) is 4.99 Å². The molecule has 1 rings (SSSR count).